The van der Waals surface area contributed by atoms with E-state index in [1.807, 2.05) is 17.5 Å². The molecular weight excluding hydrogens is 348 g/mol. The van der Waals surface area contributed by atoms with Crippen molar-refractivity contribution in [2.24, 2.45) is 0 Å². The molecule has 0 spiro atoms. The van der Waals surface area contributed by atoms with Crippen LogP contribution in [0.1, 0.15) is 11.8 Å². The number of anilines is 1. The number of thiophene rings is 1. The van der Waals surface area contributed by atoms with Crippen molar-refractivity contribution in [3.63, 3.8) is 0 Å². The van der Waals surface area contributed by atoms with E-state index in [4.69, 9.17) is 0 Å². The molecule has 0 aliphatic rings. The van der Waals surface area contributed by atoms with E-state index < -0.39 is 15.5 Å². The smallest absolute Gasteiger partial charge is 0.299 e. The maximum atomic E-state index is 12.1. The highest BCUT2D eigenvalue weighted by Gasteiger charge is 2.24. The third-order valence-electron chi connectivity index (χ3n) is 3.46. The van der Waals surface area contributed by atoms with Crippen LogP contribution >= 0.6 is 11.3 Å². The van der Waals surface area contributed by atoms with Gasteiger partial charge in [0.05, 0.1) is 29.0 Å². The lowest BCUT2D eigenvalue weighted by Crippen LogP contribution is -2.37. The first-order chi connectivity index (χ1) is 11.9. The number of amides is 1. The minimum Gasteiger partial charge on any atom is -0.357 e. The average Bonchev–Trinajstić information content (AvgIpc) is 3.10. The summed E-state index contributed by atoms with van der Waals surface area (Å²) in [6.45, 7) is 2.39. The van der Waals surface area contributed by atoms with Crippen molar-refractivity contribution in [2.75, 3.05) is 18.0 Å². The summed E-state index contributed by atoms with van der Waals surface area (Å²) in [5.41, 5.74) is -0.597. The van der Waals surface area contributed by atoms with Crippen LogP contribution in [0.4, 0.5) is 17.1 Å². The molecule has 0 saturated carbocycles. The molecule has 1 aromatic carbocycles. The largest absolute Gasteiger partial charge is 0.357 e. The Labute approximate surface area is 147 Å². The monoisotopic (exact) mass is 364 g/mol. The van der Waals surface area contributed by atoms with Crippen molar-refractivity contribution < 1.29 is 14.6 Å². The number of benzene rings is 1. The molecule has 1 N–H and O–H groups in total. The minimum absolute atomic E-state index is 0.0828. The summed E-state index contributed by atoms with van der Waals surface area (Å²) in [7, 11) is 0. The van der Waals surface area contributed by atoms with Crippen LogP contribution in [0.2, 0.25) is 0 Å². The number of carbonyl (C=O) groups is 1. The Kier molecular flexibility index (Phi) is 6.01. The van der Waals surface area contributed by atoms with E-state index in [0.717, 1.165) is 10.9 Å². The van der Waals surface area contributed by atoms with Crippen LogP contribution in [0.25, 0.3) is 0 Å². The Morgan fingerprint density at radius 1 is 1.24 bits per heavy atom. The Morgan fingerprint density at radius 3 is 2.56 bits per heavy atom. The molecule has 0 fully saturated rings. The van der Waals surface area contributed by atoms with Crippen LogP contribution in [0, 0.1) is 20.2 Å². The summed E-state index contributed by atoms with van der Waals surface area (Å²) in [5.74, 6) is -0.289. The van der Waals surface area contributed by atoms with Crippen molar-refractivity contribution in [3.05, 3.63) is 60.8 Å². The maximum Gasteiger partial charge on any atom is 0.299 e. The molecular formula is C15H16N4O5S. The molecule has 0 aliphatic heterocycles. The third kappa shape index (κ3) is 4.73. The first-order valence-corrected chi connectivity index (χ1v) is 8.27. The molecule has 25 heavy (non-hydrogen) atoms. The van der Waals surface area contributed by atoms with Gasteiger partial charge in [0.1, 0.15) is 5.69 Å². The number of rotatable bonds is 8. The number of nitro groups is 2. The summed E-state index contributed by atoms with van der Waals surface area (Å²) in [5, 5.41) is 26.7. The molecule has 0 unspecified atom stereocenters. The summed E-state index contributed by atoms with van der Waals surface area (Å²) in [6.07, 6.45) is 0. The Morgan fingerprint density at radius 2 is 2.00 bits per heavy atom. The lowest BCUT2D eigenvalue weighted by Gasteiger charge is -2.22. The van der Waals surface area contributed by atoms with Crippen LogP contribution < -0.4 is 10.2 Å². The molecule has 132 valence electrons. The van der Waals surface area contributed by atoms with Gasteiger partial charge in [0.15, 0.2) is 0 Å². The summed E-state index contributed by atoms with van der Waals surface area (Å²) >= 11 is 1.52. The summed E-state index contributed by atoms with van der Waals surface area (Å²) < 4.78 is 0. The van der Waals surface area contributed by atoms with E-state index >= 15 is 0 Å². The van der Waals surface area contributed by atoms with Gasteiger partial charge in [-0.3, -0.25) is 25.0 Å². The third-order valence-corrected chi connectivity index (χ3v) is 4.34. The average molecular weight is 364 g/mol. The van der Waals surface area contributed by atoms with Crippen LogP contribution in [-0.4, -0.2) is 28.8 Å². The van der Waals surface area contributed by atoms with Gasteiger partial charge in [-0.2, -0.15) is 0 Å². The molecule has 1 aromatic heterocycles. The van der Waals surface area contributed by atoms with Crippen molar-refractivity contribution >= 4 is 34.3 Å². The van der Waals surface area contributed by atoms with E-state index in [2.05, 4.69) is 5.32 Å². The van der Waals surface area contributed by atoms with E-state index in [0.29, 0.717) is 13.1 Å². The zero-order valence-electron chi connectivity index (χ0n) is 13.4. The van der Waals surface area contributed by atoms with Crippen LogP contribution in [0.5, 0.6) is 0 Å². The van der Waals surface area contributed by atoms with E-state index in [1.54, 1.807) is 6.92 Å². The number of nitro benzene ring substituents is 2. The number of hydrogen-bond donors (Lipinski definition) is 1. The molecule has 2 rings (SSSR count). The lowest BCUT2D eigenvalue weighted by molar-refractivity contribution is -0.393. The zero-order valence-corrected chi connectivity index (χ0v) is 14.2. The van der Waals surface area contributed by atoms with Crippen LogP contribution in [0.3, 0.4) is 0 Å². The number of nitrogens with zero attached hydrogens (tertiary/aromatic N) is 3. The van der Waals surface area contributed by atoms with Crippen molar-refractivity contribution in [1.82, 2.24) is 5.32 Å². The predicted octanol–water partition coefficient (Wildman–Crippen LogP) is 2.71. The fraction of sp³-hybridized carbons (Fsp3) is 0.267. The molecule has 0 radical (unpaired) electrons. The Balaban J connectivity index is 2.14. The quantitative estimate of drug-likeness (QED) is 0.568. The highest BCUT2D eigenvalue weighted by atomic mass is 32.1. The standard InChI is InChI=1S/C15H16N4O5S/c1-2-17(10-15(20)16-9-12-4-3-7-25-12)13-6-5-11(18(21)22)8-14(13)19(23)24/h3-8H,2,9-10H2,1H3,(H,16,20). The van der Waals surface area contributed by atoms with Crippen LogP contribution in [0.15, 0.2) is 35.7 Å². The lowest BCUT2D eigenvalue weighted by atomic mass is 10.2. The summed E-state index contributed by atoms with van der Waals surface area (Å²) in [4.78, 5) is 35.3. The molecule has 0 bridgehead atoms. The second-order valence-corrected chi connectivity index (χ2v) is 6.09. The first-order valence-electron chi connectivity index (χ1n) is 7.39. The van der Waals surface area contributed by atoms with E-state index in [1.165, 1.54) is 28.4 Å². The van der Waals surface area contributed by atoms with Crippen molar-refractivity contribution in [2.45, 2.75) is 13.5 Å². The van der Waals surface area contributed by atoms with Gasteiger partial charge in [0.2, 0.25) is 5.91 Å². The number of carbonyl (C=O) groups excluding carboxylic acids is 1. The molecule has 0 saturated heterocycles. The van der Waals surface area contributed by atoms with Gasteiger partial charge in [-0.15, -0.1) is 11.3 Å². The Hall–Kier alpha value is -3.01. The topological polar surface area (TPSA) is 119 Å². The molecule has 9 nitrogen and oxygen atoms in total. The number of nitrogens with one attached hydrogen (secondary N) is 1. The fourth-order valence-corrected chi connectivity index (χ4v) is 2.88. The predicted molar refractivity (Wildman–Crippen MR) is 93.8 cm³/mol. The van der Waals surface area contributed by atoms with Gasteiger partial charge < -0.3 is 10.2 Å². The number of likely N-dealkylation sites (N-methyl/N-ethyl adjacent to an activating group) is 1. The van der Waals surface area contributed by atoms with E-state index in [-0.39, 0.29) is 23.8 Å². The van der Waals surface area contributed by atoms with Gasteiger partial charge in [0.25, 0.3) is 11.4 Å². The molecule has 2 aromatic rings. The van der Waals surface area contributed by atoms with Gasteiger partial charge in [-0.25, -0.2) is 0 Å². The van der Waals surface area contributed by atoms with Crippen LogP contribution in [-0.2, 0) is 11.3 Å². The van der Waals surface area contributed by atoms with Gasteiger partial charge in [-0.1, -0.05) is 6.07 Å². The highest BCUT2D eigenvalue weighted by molar-refractivity contribution is 7.09. The second-order valence-electron chi connectivity index (χ2n) is 5.06. The van der Waals surface area contributed by atoms with Gasteiger partial charge >= 0.3 is 0 Å². The normalized spacial score (nSPS) is 10.3. The highest BCUT2D eigenvalue weighted by Crippen LogP contribution is 2.31. The van der Waals surface area contributed by atoms with Crippen molar-refractivity contribution in [1.29, 1.82) is 0 Å². The Bertz CT molecular complexity index is 778. The fourth-order valence-electron chi connectivity index (χ4n) is 2.23. The maximum absolute atomic E-state index is 12.1. The zero-order chi connectivity index (χ0) is 18.4. The van der Waals surface area contributed by atoms with E-state index in [9.17, 15) is 25.0 Å². The molecule has 1 amide bonds. The van der Waals surface area contributed by atoms with Gasteiger partial charge in [0, 0.05) is 17.5 Å². The van der Waals surface area contributed by atoms with Crippen molar-refractivity contribution in [3.8, 4) is 0 Å². The van der Waals surface area contributed by atoms with Gasteiger partial charge in [-0.05, 0) is 24.4 Å². The molecule has 1 heterocycles. The number of non-ortho nitro benzene ring substituents is 1. The second kappa shape index (κ2) is 8.20. The molecule has 0 atom stereocenters. The SMILES string of the molecule is CCN(CC(=O)NCc1cccs1)c1ccc([N+](=O)[O-])cc1[N+](=O)[O-]. The summed E-state index contributed by atoms with van der Waals surface area (Å²) in [6, 6.07) is 7.16. The minimum atomic E-state index is -0.694. The molecule has 10 heteroatoms. The number of hydrogen-bond acceptors (Lipinski definition) is 7. The first kappa shape index (κ1) is 18.3. The molecule has 0 aliphatic carbocycles.